The number of ether oxygens (including phenoxy) is 1. The summed E-state index contributed by atoms with van der Waals surface area (Å²) in [5.74, 6) is 0.958. The predicted molar refractivity (Wildman–Crippen MR) is 63.5 cm³/mol. The third-order valence-electron chi connectivity index (χ3n) is 2.80. The van der Waals surface area contributed by atoms with E-state index in [1.807, 2.05) is 0 Å². The summed E-state index contributed by atoms with van der Waals surface area (Å²) in [5, 5.41) is 6.32. The summed E-state index contributed by atoms with van der Waals surface area (Å²) in [6.45, 7) is 1.96. The van der Waals surface area contributed by atoms with Gasteiger partial charge in [-0.2, -0.15) is 5.10 Å². The van der Waals surface area contributed by atoms with E-state index in [-0.39, 0.29) is 5.91 Å². The Hall–Kier alpha value is -1.56. The van der Waals surface area contributed by atoms with Gasteiger partial charge in [-0.05, 0) is 18.8 Å². The molecule has 6 nitrogen and oxygen atoms in total. The predicted octanol–water partition coefficient (Wildman–Crippen LogP) is 0.491. The molecule has 6 heteroatoms. The van der Waals surface area contributed by atoms with Crippen molar-refractivity contribution in [2.24, 2.45) is 5.92 Å². The lowest BCUT2D eigenvalue weighted by molar-refractivity contribution is 0.0676. The van der Waals surface area contributed by atoms with Gasteiger partial charge in [-0.1, -0.05) is 0 Å². The number of likely N-dealkylation sites (N-methyl/N-ethyl adjacent to an activating group) is 1. The quantitative estimate of drug-likeness (QED) is 0.706. The first-order valence-corrected chi connectivity index (χ1v) is 5.81. The highest BCUT2D eigenvalue weighted by atomic mass is 16.5. The molecular weight excluding hydrogens is 220 g/mol. The molecule has 0 unspecified atom stereocenters. The Morgan fingerprint density at radius 1 is 1.71 bits per heavy atom. The van der Waals surface area contributed by atoms with Gasteiger partial charge in [-0.3, -0.25) is 9.89 Å². The summed E-state index contributed by atoms with van der Waals surface area (Å²) in [5.41, 5.74) is 5.85. The molecular formula is C11H18N4O2. The molecule has 2 rings (SSSR count). The van der Waals surface area contributed by atoms with Crippen molar-refractivity contribution in [2.45, 2.75) is 12.8 Å². The van der Waals surface area contributed by atoms with Crippen molar-refractivity contribution >= 4 is 11.7 Å². The Balaban J connectivity index is 1.70. The van der Waals surface area contributed by atoms with Crippen LogP contribution in [-0.4, -0.2) is 47.8 Å². The van der Waals surface area contributed by atoms with Crippen molar-refractivity contribution in [1.82, 2.24) is 15.1 Å². The number of nitrogen functional groups attached to an aromatic ring is 1. The minimum absolute atomic E-state index is 0.121. The van der Waals surface area contributed by atoms with E-state index in [2.05, 4.69) is 10.2 Å². The maximum atomic E-state index is 11.8. The van der Waals surface area contributed by atoms with E-state index in [9.17, 15) is 4.79 Å². The Bertz CT molecular complexity index is 387. The van der Waals surface area contributed by atoms with Crippen LogP contribution in [0.1, 0.15) is 23.3 Å². The fourth-order valence-electron chi connectivity index (χ4n) is 1.49. The fraction of sp³-hybridized carbons (Fsp3) is 0.636. The van der Waals surface area contributed by atoms with E-state index >= 15 is 0 Å². The number of rotatable bonds is 6. The van der Waals surface area contributed by atoms with E-state index in [1.165, 1.54) is 18.9 Å². The summed E-state index contributed by atoms with van der Waals surface area (Å²) in [4.78, 5) is 13.4. The van der Waals surface area contributed by atoms with E-state index in [4.69, 9.17) is 10.5 Å². The van der Waals surface area contributed by atoms with Crippen LogP contribution in [0.2, 0.25) is 0 Å². The number of amides is 1. The second-order valence-electron chi connectivity index (χ2n) is 4.45. The van der Waals surface area contributed by atoms with Crippen LogP contribution < -0.4 is 5.73 Å². The summed E-state index contributed by atoms with van der Waals surface area (Å²) < 4.78 is 5.48. The molecule has 0 saturated heterocycles. The Morgan fingerprint density at radius 3 is 3.06 bits per heavy atom. The molecule has 0 atom stereocenters. The lowest BCUT2D eigenvalue weighted by atomic mass is 10.3. The molecule has 1 aliphatic carbocycles. The number of anilines is 1. The van der Waals surface area contributed by atoms with Crippen molar-refractivity contribution in [3.8, 4) is 0 Å². The van der Waals surface area contributed by atoms with Gasteiger partial charge < -0.3 is 15.4 Å². The largest absolute Gasteiger partial charge is 0.382 e. The van der Waals surface area contributed by atoms with Crippen LogP contribution in [0, 0.1) is 5.92 Å². The molecule has 94 valence electrons. The van der Waals surface area contributed by atoms with Gasteiger partial charge in [0, 0.05) is 26.3 Å². The number of hydrogen-bond acceptors (Lipinski definition) is 4. The molecule has 0 radical (unpaired) electrons. The Labute approximate surface area is 100 Å². The lowest BCUT2D eigenvalue weighted by Gasteiger charge is -2.15. The fourth-order valence-corrected chi connectivity index (χ4v) is 1.49. The molecule has 1 saturated carbocycles. The zero-order valence-corrected chi connectivity index (χ0v) is 9.98. The average Bonchev–Trinajstić information content (AvgIpc) is 3.04. The maximum absolute atomic E-state index is 11.8. The van der Waals surface area contributed by atoms with E-state index in [0.29, 0.717) is 24.7 Å². The van der Waals surface area contributed by atoms with Gasteiger partial charge in [-0.25, -0.2) is 0 Å². The standard InChI is InChI=1S/C11H18N4O2/c1-15(4-5-17-7-8-2-3-8)11(16)9-6-10(12)14-13-9/h6,8H,2-5,7H2,1H3,(H3,12,13,14). The van der Waals surface area contributed by atoms with Crippen LogP contribution in [0.15, 0.2) is 6.07 Å². The van der Waals surface area contributed by atoms with E-state index in [0.717, 1.165) is 12.5 Å². The first-order valence-electron chi connectivity index (χ1n) is 5.81. The van der Waals surface area contributed by atoms with Crippen LogP contribution in [0.5, 0.6) is 0 Å². The molecule has 0 bridgehead atoms. The molecule has 17 heavy (non-hydrogen) atoms. The molecule has 0 aromatic carbocycles. The van der Waals surface area contributed by atoms with Crippen molar-refractivity contribution in [1.29, 1.82) is 0 Å². The van der Waals surface area contributed by atoms with Gasteiger partial charge in [0.15, 0.2) is 0 Å². The second-order valence-corrected chi connectivity index (χ2v) is 4.45. The molecule has 1 heterocycles. The van der Waals surface area contributed by atoms with Crippen LogP contribution in [-0.2, 0) is 4.74 Å². The van der Waals surface area contributed by atoms with Crippen LogP contribution in [0.3, 0.4) is 0 Å². The SMILES string of the molecule is CN(CCOCC1CC1)C(=O)c1cc(N)n[nH]1. The Kier molecular flexibility index (Phi) is 3.63. The van der Waals surface area contributed by atoms with Crippen molar-refractivity contribution in [2.75, 3.05) is 32.5 Å². The van der Waals surface area contributed by atoms with Gasteiger partial charge in [0.05, 0.1) is 6.61 Å². The molecule has 1 amide bonds. The zero-order valence-electron chi connectivity index (χ0n) is 9.98. The minimum atomic E-state index is -0.121. The van der Waals surface area contributed by atoms with Crippen LogP contribution >= 0.6 is 0 Å². The number of H-pyrrole nitrogens is 1. The maximum Gasteiger partial charge on any atom is 0.271 e. The lowest BCUT2D eigenvalue weighted by Crippen LogP contribution is -2.30. The number of hydrogen-bond donors (Lipinski definition) is 2. The summed E-state index contributed by atoms with van der Waals surface area (Å²) in [6.07, 6.45) is 2.56. The number of aromatic nitrogens is 2. The topological polar surface area (TPSA) is 84.2 Å². The van der Waals surface area contributed by atoms with Crippen molar-refractivity contribution < 1.29 is 9.53 Å². The van der Waals surface area contributed by atoms with Crippen molar-refractivity contribution in [3.63, 3.8) is 0 Å². The van der Waals surface area contributed by atoms with Crippen molar-refractivity contribution in [3.05, 3.63) is 11.8 Å². The molecule has 0 aliphatic heterocycles. The molecule has 1 aliphatic rings. The third kappa shape index (κ3) is 3.45. The highest BCUT2D eigenvalue weighted by molar-refractivity contribution is 5.92. The van der Waals surface area contributed by atoms with E-state index in [1.54, 1.807) is 11.9 Å². The number of nitrogens with one attached hydrogen (secondary N) is 1. The molecule has 1 fully saturated rings. The summed E-state index contributed by atoms with van der Waals surface area (Å²) in [7, 11) is 1.74. The molecule has 1 aromatic heterocycles. The Morgan fingerprint density at radius 2 is 2.47 bits per heavy atom. The average molecular weight is 238 g/mol. The number of nitrogens with two attached hydrogens (primary N) is 1. The smallest absolute Gasteiger partial charge is 0.271 e. The first-order chi connectivity index (χ1) is 8.16. The molecule has 0 spiro atoms. The van der Waals surface area contributed by atoms with Gasteiger partial charge in [0.25, 0.3) is 5.91 Å². The van der Waals surface area contributed by atoms with Gasteiger partial charge in [0.1, 0.15) is 11.5 Å². The monoisotopic (exact) mass is 238 g/mol. The second kappa shape index (κ2) is 5.18. The highest BCUT2D eigenvalue weighted by Crippen LogP contribution is 2.28. The van der Waals surface area contributed by atoms with Gasteiger partial charge in [-0.15, -0.1) is 0 Å². The zero-order chi connectivity index (χ0) is 12.3. The van der Waals surface area contributed by atoms with Gasteiger partial charge >= 0.3 is 0 Å². The molecule has 3 N–H and O–H groups in total. The number of carbonyl (C=O) groups excluding carboxylic acids is 1. The van der Waals surface area contributed by atoms with Crippen LogP contribution in [0.25, 0.3) is 0 Å². The number of nitrogens with zero attached hydrogens (tertiary/aromatic N) is 2. The third-order valence-corrected chi connectivity index (χ3v) is 2.80. The summed E-state index contributed by atoms with van der Waals surface area (Å²) >= 11 is 0. The van der Waals surface area contributed by atoms with Gasteiger partial charge in [0.2, 0.25) is 0 Å². The highest BCUT2D eigenvalue weighted by Gasteiger charge is 2.21. The normalized spacial score (nSPS) is 14.9. The minimum Gasteiger partial charge on any atom is -0.382 e. The van der Waals surface area contributed by atoms with E-state index < -0.39 is 0 Å². The van der Waals surface area contributed by atoms with Crippen LogP contribution in [0.4, 0.5) is 5.82 Å². The number of aromatic amines is 1. The molecule has 1 aromatic rings. The number of carbonyl (C=O) groups is 1. The summed E-state index contributed by atoms with van der Waals surface area (Å²) in [6, 6.07) is 1.53. The first kappa shape index (κ1) is 11.9.